The lowest BCUT2D eigenvalue weighted by Crippen LogP contribution is -2.19. The molecule has 0 saturated carbocycles. The molecule has 0 amide bonds. The van der Waals surface area contributed by atoms with Crippen molar-refractivity contribution in [2.75, 3.05) is 57.0 Å². The van der Waals surface area contributed by atoms with Gasteiger partial charge in [0.2, 0.25) is 0 Å². The van der Waals surface area contributed by atoms with E-state index in [2.05, 4.69) is 46.6 Å². The minimum Gasteiger partial charge on any atom is -0.370 e. The van der Waals surface area contributed by atoms with Crippen molar-refractivity contribution in [3.8, 4) is 6.07 Å². The van der Waals surface area contributed by atoms with Gasteiger partial charge in [0, 0.05) is 45.0 Å². The first-order valence-electron chi connectivity index (χ1n) is 11.0. The van der Waals surface area contributed by atoms with Gasteiger partial charge in [0.05, 0.1) is 24.3 Å². The third-order valence-electron chi connectivity index (χ3n) is 5.63. The molecule has 1 aromatic carbocycles. The Balaban J connectivity index is 0.000000175. The van der Waals surface area contributed by atoms with Crippen molar-refractivity contribution in [1.82, 2.24) is 9.34 Å². The second-order valence-electron chi connectivity index (χ2n) is 8.49. The minimum atomic E-state index is -3.27. The van der Waals surface area contributed by atoms with Crippen LogP contribution in [0.2, 0.25) is 0 Å². The maximum Gasteiger partial charge on any atom is 0.264 e. The van der Waals surface area contributed by atoms with E-state index < -0.39 is 10.1 Å². The van der Waals surface area contributed by atoms with Crippen molar-refractivity contribution >= 4 is 34.6 Å². The number of hydrogen-bond acceptors (Lipinski definition) is 8. The number of anilines is 1. The standard InChI is InChI=1S/C11H12N2.C5H13N2P.C5H12NO3PS/c12-8-10-6-7-13(9-10)11-4-2-1-3-5-11;6-3-5-1-2-7(8)4-5;1-11(7,8)9-5-2-3-6(10)4-5/h1-5,10H,6-7,9H2;5H,1-4,6,8H2;5H,2-4,10H2,1H3/t10-;2*5-/m111/s1. The Morgan fingerprint density at radius 3 is 2.16 bits per heavy atom. The minimum absolute atomic E-state index is 0.150. The fourth-order valence-corrected chi connectivity index (χ4v) is 5.36. The van der Waals surface area contributed by atoms with Crippen LogP contribution in [0.5, 0.6) is 0 Å². The summed E-state index contributed by atoms with van der Waals surface area (Å²) in [5.74, 6) is 0.979. The van der Waals surface area contributed by atoms with Gasteiger partial charge < -0.3 is 10.6 Å². The summed E-state index contributed by atoms with van der Waals surface area (Å²) in [6, 6.07) is 12.6. The molecule has 180 valence electrons. The Labute approximate surface area is 198 Å². The number of benzene rings is 1. The van der Waals surface area contributed by atoms with Gasteiger partial charge in [-0.05, 0) is 43.9 Å². The van der Waals surface area contributed by atoms with E-state index in [4.69, 9.17) is 15.2 Å². The molecule has 0 spiro atoms. The number of nitrogens with zero attached hydrogens (tertiary/aromatic N) is 4. The highest BCUT2D eigenvalue weighted by molar-refractivity contribution is 7.86. The van der Waals surface area contributed by atoms with Crippen LogP contribution in [0.1, 0.15) is 19.3 Å². The Kier molecular flexibility index (Phi) is 11.8. The van der Waals surface area contributed by atoms with Gasteiger partial charge in [-0.15, -0.1) is 0 Å². The van der Waals surface area contributed by atoms with Crippen LogP contribution in [0.3, 0.4) is 0 Å². The highest BCUT2D eigenvalue weighted by Gasteiger charge is 2.23. The predicted molar refractivity (Wildman–Crippen MR) is 136 cm³/mol. The number of para-hydroxylation sites is 1. The molecule has 0 bridgehead atoms. The van der Waals surface area contributed by atoms with Gasteiger partial charge in [-0.3, -0.25) is 13.5 Å². The van der Waals surface area contributed by atoms with Crippen LogP contribution < -0.4 is 10.6 Å². The molecule has 3 saturated heterocycles. The number of nitrogens with two attached hydrogens (primary N) is 1. The molecule has 11 heteroatoms. The SMILES string of the molecule is CS(=O)(=O)O[C@@H]1CCN(P)C1.N#C[C@H]1CCN(c2ccccc2)C1.NC[C@H]1CCN(P)C1. The van der Waals surface area contributed by atoms with Crippen LogP contribution in [-0.4, -0.2) is 75.9 Å². The molecule has 0 radical (unpaired) electrons. The molecule has 5 atom stereocenters. The van der Waals surface area contributed by atoms with Gasteiger partial charge >= 0.3 is 0 Å². The summed E-state index contributed by atoms with van der Waals surface area (Å²) >= 11 is 0. The topological polar surface area (TPSA) is 103 Å². The first-order valence-corrected chi connectivity index (χ1v) is 13.8. The molecular weight excluding hydrogens is 464 g/mol. The van der Waals surface area contributed by atoms with Crippen molar-refractivity contribution in [2.24, 2.45) is 17.6 Å². The maximum atomic E-state index is 10.6. The summed E-state index contributed by atoms with van der Waals surface area (Å²) in [5.41, 5.74) is 6.70. The summed E-state index contributed by atoms with van der Waals surface area (Å²) in [6.45, 7) is 6.68. The fraction of sp³-hybridized carbons (Fsp3) is 0.667. The third kappa shape index (κ3) is 10.4. The van der Waals surface area contributed by atoms with E-state index in [9.17, 15) is 8.42 Å². The highest BCUT2D eigenvalue weighted by Crippen LogP contribution is 2.22. The second-order valence-corrected chi connectivity index (χ2v) is 11.5. The number of nitriles is 1. The van der Waals surface area contributed by atoms with Crippen molar-refractivity contribution in [1.29, 1.82) is 5.26 Å². The smallest absolute Gasteiger partial charge is 0.264 e. The molecule has 3 aliphatic rings. The lowest BCUT2D eigenvalue weighted by Gasteiger charge is -2.16. The van der Waals surface area contributed by atoms with Crippen LogP contribution in [0.25, 0.3) is 0 Å². The zero-order valence-electron chi connectivity index (χ0n) is 18.8. The Morgan fingerprint density at radius 1 is 1.06 bits per heavy atom. The molecule has 3 heterocycles. The summed E-state index contributed by atoms with van der Waals surface area (Å²) in [7, 11) is 1.96. The zero-order valence-corrected chi connectivity index (χ0v) is 22.0. The first-order chi connectivity index (χ1) is 15.2. The molecule has 3 fully saturated rings. The Hall–Kier alpha value is -0.840. The van der Waals surface area contributed by atoms with Crippen LogP contribution in [0.15, 0.2) is 30.3 Å². The largest absolute Gasteiger partial charge is 0.370 e. The molecule has 4 rings (SSSR count). The number of hydrogen-bond donors (Lipinski definition) is 1. The third-order valence-corrected chi connectivity index (χ3v) is 7.19. The van der Waals surface area contributed by atoms with E-state index in [-0.39, 0.29) is 12.0 Å². The average molecular weight is 502 g/mol. The number of rotatable bonds is 4. The van der Waals surface area contributed by atoms with Crippen molar-refractivity contribution in [3.63, 3.8) is 0 Å². The van der Waals surface area contributed by atoms with E-state index in [1.54, 1.807) is 0 Å². The van der Waals surface area contributed by atoms with E-state index >= 15 is 0 Å². The summed E-state index contributed by atoms with van der Waals surface area (Å²) in [6.07, 6.45) is 4.00. The summed E-state index contributed by atoms with van der Waals surface area (Å²) < 4.78 is 30.3. The van der Waals surface area contributed by atoms with Crippen LogP contribution in [0, 0.1) is 23.2 Å². The fourth-order valence-electron chi connectivity index (χ4n) is 3.87. The summed E-state index contributed by atoms with van der Waals surface area (Å²) in [5, 5.41) is 8.75. The first kappa shape index (κ1) is 27.4. The normalized spacial score (nSPS) is 26.1. The second kappa shape index (κ2) is 13.8. The molecule has 8 nitrogen and oxygen atoms in total. The highest BCUT2D eigenvalue weighted by atomic mass is 32.2. The van der Waals surface area contributed by atoms with Crippen LogP contribution >= 0.6 is 18.8 Å². The lowest BCUT2D eigenvalue weighted by molar-refractivity contribution is 0.226. The predicted octanol–water partition coefficient (Wildman–Crippen LogP) is 1.92. The summed E-state index contributed by atoms with van der Waals surface area (Å²) in [4.78, 5) is 2.27. The lowest BCUT2D eigenvalue weighted by atomic mass is 10.1. The maximum absolute atomic E-state index is 10.6. The van der Waals surface area contributed by atoms with Gasteiger partial charge in [-0.2, -0.15) is 13.7 Å². The van der Waals surface area contributed by atoms with Gasteiger partial charge in [-0.25, -0.2) is 0 Å². The molecular formula is C21H37N5O3P2S. The molecule has 2 N–H and O–H groups in total. The quantitative estimate of drug-likeness (QED) is 0.493. The van der Waals surface area contributed by atoms with E-state index in [0.717, 1.165) is 51.2 Å². The monoisotopic (exact) mass is 501 g/mol. The molecule has 0 aromatic heterocycles. The Morgan fingerprint density at radius 2 is 1.72 bits per heavy atom. The average Bonchev–Trinajstić information content (AvgIpc) is 3.50. The van der Waals surface area contributed by atoms with Crippen LogP contribution in [0.4, 0.5) is 5.69 Å². The van der Waals surface area contributed by atoms with E-state index in [1.807, 2.05) is 22.9 Å². The zero-order chi connectivity index (χ0) is 23.6. The van der Waals surface area contributed by atoms with E-state index in [0.29, 0.717) is 6.54 Å². The molecule has 1 aromatic rings. The molecule has 3 aliphatic heterocycles. The van der Waals surface area contributed by atoms with Gasteiger partial charge in [0.15, 0.2) is 0 Å². The Bertz CT molecular complexity index is 824. The van der Waals surface area contributed by atoms with Gasteiger partial charge in [0.25, 0.3) is 10.1 Å². The van der Waals surface area contributed by atoms with Crippen molar-refractivity contribution < 1.29 is 12.6 Å². The molecule has 0 aliphatic carbocycles. The molecule has 32 heavy (non-hydrogen) atoms. The van der Waals surface area contributed by atoms with Gasteiger partial charge in [-0.1, -0.05) is 37.0 Å². The van der Waals surface area contributed by atoms with Gasteiger partial charge in [0.1, 0.15) is 0 Å². The van der Waals surface area contributed by atoms with Crippen molar-refractivity contribution in [3.05, 3.63) is 30.3 Å². The molecule has 2 unspecified atom stereocenters. The van der Waals surface area contributed by atoms with Crippen LogP contribution in [-0.2, 0) is 14.3 Å². The van der Waals surface area contributed by atoms with E-state index in [1.165, 1.54) is 25.2 Å². The van der Waals surface area contributed by atoms with Crippen molar-refractivity contribution in [2.45, 2.75) is 25.4 Å².